The van der Waals surface area contributed by atoms with Crippen molar-refractivity contribution in [3.8, 4) is 5.69 Å². The maximum Gasteiger partial charge on any atom is 0.332 e. The maximum atomic E-state index is 12.0. The van der Waals surface area contributed by atoms with Gasteiger partial charge in [-0.2, -0.15) is 0 Å². The summed E-state index contributed by atoms with van der Waals surface area (Å²) >= 11 is 0. The number of nitrogens with zero attached hydrogens (tertiary/aromatic N) is 2. The lowest BCUT2D eigenvalue weighted by atomic mass is 9.98. The molecule has 0 saturated carbocycles. The molecule has 0 spiro atoms. The fourth-order valence-electron chi connectivity index (χ4n) is 2.85. The molecule has 1 aliphatic heterocycles. The second-order valence-electron chi connectivity index (χ2n) is 5.28. The van der Waals surface area contributed by atoms with Gasteiger partial charge in [0.1, 0.15) is 0 Å². The number of aromatic nitrogens is 2. The molecule has 2 heterocycles. The SMILES string of the molecule is Cc1cn(C)c(=O)n1-c1ccc(C2CCNC2)cc1. The first-order valence-corrected chi connectivity index (χ1v) is 6.73. The molecule has 19 heavy (non-hydrogen) atoms. The van der Waals surface area contributed by atoms with E-state index in [4.69, 9.17) is 0 Å². The topological polar surface area (TPSA) is 39.0 Å². The van der Waals surface area contributed by atoms with E-state index in [-0.39, 0.29) is 5.69 Å². The van der Waals surface area contributed by atoms with E-state index < -0.39 is 0 Å². The van der Waals surface area contributed by atoms with Crippen LogP contribution in [-0.4, -0.2) is 22.2 Å². The fraction of sp³-hybridized carbons (Fsp3) is 0.400. The summed E-state index contributed by atoms with van der Waals surface area (Å²) in [4.78, 5) is 12.0. The molecular weight excluding hydrogens is 238 g/mol. The van der Waals surface area contributed by atoms with Crippen molar-refractivity contribution in [2.45, 2.75) is 19.3 Å². The van der Waals surface area contributed by atoms with E-state index in [0.29, 0.717) is 5.92 Å². The van der Waals surface area contributed by atoms with Gasteiger partial charge >= 0.3 is 5.69 Å². The molecule has 0 aliphatic carbocycles. The lowest BCUT2D eigenvalue weighted by molar-refractivity contribution is 0.762. The van der Waals surface area contributed by atoms with Crippen LogP contribution in [0.4, 0.5) is 0 Å². The molecule has 1 unspecified atom stereocenters. The molecule has 1 N–H and O–H groups in total. The minimum atomic E-state index is 0.00721. The monoisotopic (exact) mass is 257 g/mol. The summed E-state index contributed by atoms with van der Waals surface area (Å²) < 4.78 is 3.36. The molecule has 1 aliphatic rings. The van der Waals surface area contributed by atoms with Gasteiger partial charge in [0.15, 0.2) is 0 Å². The third kappa shape index (κ3) is 2.12. The van der Waals surface area contributed by atoms with Crippen LogP contribution in [-0.2, 0) is 7.05 Å². The van der Waals surface area contributed by atoms with Gasteiger partial charge in [-0.1, -0.05) is 12.1 Å². The third-order valence-electron chi connectivity index (χ3n) is 3.91. The Labute approximate surface area is 112 Å². The Balaban J connectivity index is 1.96. The van der Waals surface area contributed by atoms with Gasteiger partial charge in [0.05, 0.1) is 5.69 Å². The van der Waals surface area contributed by atoms with Gasteiger partial charge in [0.2, 0.25) is 0 Å². The second kappa shape index (κ2) is 4.70. The zero-order chi connectivity index (χ0) is 13.4. The predicted octanol–water partition coefficient (Wildman–Crippen LogP) is 1.56. The highest BCUT2D eigenvalue weighted by molar-refractivity contribution is 5.37. The molecule has 4 nitrogen and oxygen atoms in total. The molecule has 3 rings (SSSR count). The molecule has 1 fully saturated rings. The fourth-order valence-corrected chi connectivity index (χ4v) is 2.85. The second-order valence-corrected chi connectivity index (χ2v) is 5.28. The first-order valence-electron chi connectivity index (χ1n) is 6.73. The molecular formula is C15H19N3O. The minimum absolute atomic E-state index is 0.00721. The van der Waals surface area contributed by atoms with Crippen molar-refractivity contribution < 1.29 is 0 Å². The normalized spacial score (nSPS) is 18.9. The van der Waals surface area contributed by atoms with Crippen LogP contribution in [0.2, 0.25) is 0 Å². The van der Waals surface area contributed by atoms with Crippen LogP contribution in [0.25, 0.3) is 5.69 Å². The van der Waals surface area contributed by atoms with Gasteiger partial charge < -0.3 is 9.88 Å². The van der Waals surface area contributed by atoms with Crippen LogP contribution in [0.5, 0.6) is 0 Å². The Morgan fingerprint density at radius 2 is 2.00 bits per heavy atom. The molecule has 2 aromatic rings. The molecule has 4 heteroatoms. The van der Waals surface area contributed by atoms with Crippen LogP contribution < -0.4 is 11.0 Å². The van der Waals surface area contributed by atoms with Crippen LogP contribution in [0.3, 0.4) is 0 Å². The summed E-state index contributed by atoms with van der Waals surface area (Å²) in [5.74, 6) is 0.614. The van der Waals surface area contributed by atoms with Crippen molar-refractivity contribution >= 4 is 0 Å². The number of imidazole rings is 1. The van der Waals surface area contributed by atoms with E-state index in [9.17, 15) is 4.79 Å². The molecule has 1 atom stereocenters. The molecule has 1 aromatic carbocycles. The van der Waals surface area contributed by atoms with E-state index in [2.05, 4.69) is 17.4 Å². The van der Waals surface area contributed by atoms with Crippen molar-refractivity contribution in [2.24, 2.45) is 7.05 Å². The van der Waals surface area contributed by atoms with Crippen molar-refractivity contribution in [3.63, 3.8) is 0 Å². The Hall–Kier alpha value is -1.81. The third-order valence-corrected chi connectivity index (χ3v) is 3.91. The van der Waals surface area contributed by atoms with Crippen LogP contribution in [0.1, 0.15) is 23.6 Å². The smallest absolute Gasteiger partial charge is 0.316 e. The van der Waals surface area contributed by atoms with E-state index in [1.165, 1.54) is 12.0 Å². The van der Waals surface area contributed by atoms with Crippen LogP contribution in [0.15, 0.2) is 35.3 Å². The number of rotatable bonds is 2. The van der Waals surface area contributed by atoms with Crippen LogP contribution >= 0.6 is 0 Å². The van der Waals surface area contributed by atoms with Crippen molar-refractivity contribution in [2.75, 3.05) is 13.1 Å². The summed E-state index contributed by atoms with van der Waals surface area (Å²) in [6.45, 7) is 4.11. The summed E-state index contributed by atoms with van der Waals surface area (Å²) in [6.07, 6.45) is 3.06. The average Bonchev–Trinajstić information content (AvgIpc) is 3.00. The Bertz CT molecular complexity index is 630. The number of aryl methyl sites for hydroxylation is 2. The highest BCUT2D eigenvalue weighted by atomic mass is 16.1. The minimum Gasteiger partial charge on any atom is -0.316 e. The van der Waals surface area contributed by atoms with E-state index in [0.717, 1.165) is 24.5 Å². The van der Waals surface area contributed by atoms with Crippen molar-refractivity contribution in [1.29, 1.82) is 0 Å². The number of hydrogen-bond acceptors (Lipinski definition) is 2. The molecule has 100 valence electrons. The Kier molecular flexibility index (Phi) is 3.03. The quantitative estimate of drug-likeness (QED) is 0.887. The molecule has 0 bridgehead atoms. The van der Waals surface area contributed by atoms with Crippen LogP contribution in [0, 0.1) is 6.92 Å². The van der Waals surface area contributed by atoms with Gasteiger partial charge in [0, 0.05) is 25.5 Å². The Morgan fingerprint density at radius 1 is 1.26 bits per heavy atom. The van der Waals surface area contributed by atoms with Gasteiger partial charge in [-0.3, -0.25) is 4.57 Å². The van der Waals surface area contributed by atoms with Gasteiger partial charge in [-0.15, -0.1) is 0 Å². The van der Waals surface area contributed by atoms with E-state index >= 15 is 0 Å². The standard InChI is InChI=1S/C15H19N3O/c1-11-10-17(2)15(19)18(11)14-5-3-12(4-6-14)13-7-8-16-9-13/h3-6,10,13,16H,7-9H2,1-2H3. The number of hydrogen-bond donors (Lipinski definition) is 1. The van der Waals surface area contributed by atoms with Gasteiger partial charge in [-0.25, -0.2) is 4.79 Å². The summed E-state index contributed by atoms with van der Waals surface area (Å²) in [5.41, 5.74) is 3.27. The van der Waals surface area contributed by atoms with Crippen molar-refractivity contribution in [1.82, 2.24) is 14.5 Å². The zero-order valence-electron chi connectivity index (χ0n) is 11.4. The molecule has 1 aromatic heterocycles. The van der Waals surface area contributed by atoms with E-state index in [1.54, 1.807) is 16.2 Å². The molecule has 0 radical (unpaired) electrons. The number of nitrogens with one attached hydrogen (secondary N) is 1. The summed E-state index contributed by atoms with van der Waals surface area (Å²) in [5, 5.41) is 3.38. The lowest BCUT2D eigenvalue weighted by Crippen LogP contribution is -2.21. The predicted molar refractivity (Wildman–Crippen MR) is 76.0 cm³/mol. The highest BCUT2D eigenvalue weighted by Gasteiger charge is 2.16. The van der Waals surface area contributed by atoms with Gasteiger partial charge in [0.25, 0.3) is 0 Å². The summed E-state index contributed by atoms with van der Waals surface area (Å²) in [6, 6.07) is 8.38. The lowest BCUT2D eigenvalue weighted by Gasteiger charge is -2.10. The average molecular weight is 257 g/mol. The van der Waals surface area contributed by atoms with E-state index in [1.807, 2.05) is 25.3 Å². The highest BCUT2D eigenvalue weighted by Crippen LogP contribution is 2.23. The zero-order valence-corrected chi connectivity index (χ0v) is 11.4. The van der Waals surface area contributed by atoms with Crippen molar-refractivity contribution in [3.05, 3.63) is 52.2 Å². The first-order chi connectivity index (χ1) is 9.16. The van der Waals surface area contributed by atoms with Gasteiger partial charge in [-0.05, 0) is 43.5 Å². The maximum absolute atomic E-state index is 12.0. The largest absolute Gasteiger partial charge is 0.332 e. The Morgan fingerprint density at radius 3 is 2.53 bits per heavy atom. The summed E-state index contributed by atoms with van der Waals surface area (Å²) in [7, 11) is 1.78. The number of benzene rings is 1. The molecule has 1 saturated heterocycles. The first kappa shape index (κ1) is 12.2. The molecule has 0 amide bonds.